The van der Waals surface area contributed by atoms with Crippen molar-refractivity contribution in [1.29, 1.82) is 0 Å². The molecule has 0 spiro atoms. The molecule has 0 aliphatic heterocycles. The van der Waals surface area contributed by atoms with Crippen LogP contribution >= 0.6 is 0 Å². The van der Waals surface area contributed by atoms with Crippen molar-refractivity contribution in [3.8, 4) is 5.75 Å². The van der Waals surface area contributed by atoms with Gasteiger partial charge in [0.25, 0.3) is 5.69 Å². The number of benzene rings is 2. The fourth-order valence-electron chi connectivity index (χ4n) is 1.77. The van der Waals surface area contributed by atoms with Gasteiger partial charge in [0, 0.05) is 18.7 Å². The second-order valence-electron chi connectivity index (χ2n) is 4.51. The highest BCUT2D eigenvalue weighted by molar-refractivity contribution is 5.70. The number of hydrogen-bond donors (Lipinski definition) is 0. The Morgan fingerprint density at radius 1 is 1.00 bits per heavy atom. The van der Waals surface area contributed by atoms with Crippen molar-refractivity contribution in [3.63, 3.8) is 0 Å². The molecule has 0 saturated heterocycles. The Morgan fingerprint density at radius 3 is 2.05 bits per heavy atom. The summed E-state index contributed by atoms with van der Waals surface area (Å²) >= 11 is 0. The zero-order valence-corrected chi connectivity index (χ0v) is 12.3. The van der Waals surface area contributed by atoms with Crippen LogP contribution in [0.15, 0.2) is 48.5 Å². The van der Waals surface area contributed by atoms with Gasteiger partial charge in [-0.15, -0.1) is 0 Å². The maximum Gasteiger partial charge on any atom is 0.269 e. The number of ether oxygens (including phenoxy) is 2. The average molecular weight is 299 g/mol. The lowest BCUT2D eigenvalue weighted by molar-refractivity contribution is -0.384. The zero-order chi connectivity index (χ0) is 15.8. The SMILES string of the molecule is CCOCOc1ccc(/C=C/c2ccc([N+](=O)[O-])cc2)cc1. The molecule has 0 unspecified atom stereocenters. The first kappa shape index (κ1) is 15.7. The predicted molar refractivity (Wildman–Crippen MR) is 85.6 cm³/mol. The fraction of sp³-hybridized carbons (Fsp3) is 0.176. The molecule has 5 nitrogen and oxygen atoms in total. The Bertz CT molecular complexity index is 633. The second-order valence-corrected chi connectivity index (χ2v) is 4.51. The first-order valence-corrected chi connectivity index (χ1v) is 6.92. The number of non-ortho nitro benzene ring substituents is 1. The van der Waals surface area contributed by atoms with E-state index in [2.05, 4.69) is 0 Å². The van der Waals surface area contributed by atoms with Crippen molar-refractivity contribution < 1.29 is 14.4 Å². The van der Waals surface area contributed by atoms with E-state index in [-0.39, 0.29) is 12.5 Å². The van der Waals surface area contributed by atoms with Crippen LogP contribution in [0, 0.1) is 10.1 Å². The molecule has 0 atom stereocenters. The third-order valence-electron chi connectivity index (χ3n) is 2.97. The summed E-state index contributed by atoms with van der Waals surface area (Å²) in [4.78, 5) is 10.2. The quantitative estimate of drug-likeness (QED) is 0.253. The smallest absolute Gasteiger partial charge is 0.269 e. The molecular formula is C17H17NO4. The minimum Gasteiger partial charge on any atom is -0.468 e. The molecule has 0 aliphatic rings. The van der Waals surface area contributed by atoms with Gasteiger partial charge in [-0.2, -0.15) is 0 Å². The molecule has 0 N–H and O–H groups in total. The second kappa shape index (κ2) is 7.95. The maximum absolute atomic E-state index is 10.6. The molecule has 0 aliphatic carbocycles. The van der Waals surface area contributed by atoms with Gasteiger partial charge in [0.2, 0.25) is 0 Å². The monoisotopic (exact) mass is 299 g/mol. The molecule has 2 rings (SSSR count). The van der Waals surface area contributed by atoms with Gasteiger partial charge in [0.1, 0.15) is 5.75 Å². The highest BCUT2D eigenvalue weighted by atomic mass is 16.7. The molecule has 0 amide bonds. The first-order valence-electron chi connectivity index (χ1n) is 6.92. The van der Waals surface area contributed by atoms with Crippen LogP contribution < -0.4 is 4.74 Å². The van der Waals surface area contributed by atoms with Gasteiger partial charge in [-0.05, 0) is 42.3 Å². The molecule has 0 heterocycles. The fourth-order valence-corrected chi connectivity index (χ4v) is 1.77. The lowest BCUT2D eigenvalue weighted by atomic mass is 10.1. The van der Waals surface area contributed by atoms with Crippen molar-refractivity contribution in [3.05, 3.63) is 69.8 Å². The molecule has 0 saturated carbocycles. The molecule has 0 bridgehead atoms. The van der Waals surface area contributed by atoms with E-state index < -0.39 is 4.92 Å². The van der Waals surface area contributed by atoms with Gasteiger partial charge < -0.3 is 9.47 Å². The van der Waals surface area contributed by atoms with Gasteiger partial charge >= 0.3 is 0 Å². The summed E-state index contributed by atoms with van der Waals surface area (Å²) in [7, 11) is 0. The Balaban J connectivity index is 1.96. The Kier molecular flexibility index (Phi) is 5.68. The highest BCUT2D eigenvalue weighted by Crippen LogP contribution is 2.16. The van der Waals surface area contributed by atoms with E-state index >= 15 is 0 Å². The lowest BCUT2D eigenvalue weighted by Gasteiger charge is -2.05. The zero-order valence-electron chi connectivity index (χ0n) is 12.3. The molecular weight excluding hydrogens is 282 g/mol. The van der Waals surface area contributed by atoms with Crippen molar-refractivity contribution in [2.75, 3.05) is 13.4 Å². The van der Waals surface area contributed by atoms with Crippen LogP contribution in [0.25, 0.3) is 12.2 Å². The summed E-state index contributed by atoms with van der Waals surface area (Å²) in [5.41, 5.74) is 2.01. The molecule has 22 heavy (non-hydrogen) atoms. The average Bonchev–Trinajstić information content (AvgIpc) is 2.55. The molecule has 0 aromatic heterocycles. The normalized spacial score (nSPS) is 10.8. The minimum absolute atomic E-state index is 0.0907. The van der Waals surface area contributed by atoms with Crippen molar-refractivity contribution >= 4 is 17.8 Å². The number of hydrogen-bond acceptors (Lipinski definition) is 4. The van der Waals surface area contributed by atoms with Crippen LogP contribution in [0.5, 0.6) is 5.75 Å². The molecule has 2 aromatic rings. The standard InChI is InChI=1S/C17H17NO4/c1-2-21-13-22-17-11-7-15(8-12-17)4-3-14-5-9-16(10-6-14)18(19)20/h3-12H,2,13H2,1H3/b4-3+. The van der Waals surface area contributed by atoms with Crippen molar-refractivity contribution in [1.82, 2.24) is 0 Å². The van der Waals surface area contributed by atoms with E-state index in [1.165, 1.54) is 12.1 Å². The van der Waals surface area contributed by atoms with E-state index in [0.29, 0.717) is 6.61 Å². The summed E-state index contributed by atoms with van der Waals surface area (Å²) in [5, 5.41) is 10.6. The van der Waals surface area contributed by atoms with Crippen LogP contribution in [-0.4, -0.2) is 18.3 Å². The molecule has 0 radical (unpaired) electrons. The molecule has 114 valence electrons. The number of nitro groups is 1. The minimum atomic E-state index is -0.408. The van der Waals surface area contributed by atoms with E-state index in [9.17, 15) is 10.1 Å². The Hall–Kier alpha value is -2.66. The largest absolute Gasteiger partial charge is 0.468 e. The summed E-state index contributed by atoms with van der Waals surface area (Å²) in [6, 6.07) is 14.0. The number of rotatable bonds is 7. The van der Waals surface area contributed by atoms with E-state index in [1.807, 2.05) is 43.3 Å². The van der Waals surface area contributed by atoms with Gasteiger partial charge in [-0.1, -0.05) is 24.3 Å². The van der Waals surface area contributed by atoms with Gasteiger partial charge in [-0.3, -0.25) is 10.1 Å². The van der Waals surface area contributed by atoms with E-state index in [1.54, 1.807) is 12.1 Å². The lowest BCUT2D eigenvalue weighted by Crippen LogP contribution is -2.01. The van der Waals surface area contributed by atoms with Crippen molar-refractivity contribution in [2.45, 2.75) is 6.92 Å². The van der Waals surface area contributed by atoms with Crippen LogP contribution in [-0.2, 0) is 4.74 Å². The summed E-state index contributed by atoms with van der Waals surface area (Å²) in [6.07, 6.45) is 3.84. The maximum atomic E-state index is 10.6. The highest BCUT2D eigenvalue weighted by Gasteiger charge is 2.02. The van der Waals surface area contributed by atoms with Crippen LogP contribution in [0.3, 0.4) is 0 Å². The summed E-state index contributed by atoms with van der Waals surface area (Å²) in [6.45, 7) is 2.78. The predicted octanol–water partition coefficient (Wildman–Crippen LogP) is 4.14. The van der Waals surface area contributed by atoms with Crippen LogP contribution in [0.2, 0.25) is 0 Å². The van der Waals surface area contributed by atoms with Gasteiger partial charge in [0.05, 0.1) is 4.92 Å². The summed E-state index contributed by atoms with van der Waals surface area (Å²) in [5.74, 6) is 0.751. The van der Waals surface area contributed by atoms with E-state index in [4.69, 9.17) is 9.47 Å². The van der Waals surface area contributed by atoms with Crippen LogP contribution in [0.4, 0.5) is 5.69 Å². The number of nitro benzene ring substituents is 1. The Labute approximate surface area is 129 Å². The van der Waals surface area contributed by atoms with Crippen LogP contribution in [0.1, 0.15) is 18.1 Å². The topological polar surface area (TPSA) is 61.6 Å². The van der Waals surface area contributed by atoms with Gasteiger partial charge in [-0.25, -0.2) is 0 Å². The van der Waals surface area contributed by atoms with Gasteiger partial charge in [0.15, 0.2) is 6.79 Å². The van der Waals surface area contributed by atoms with Crippen molar-refractivity contribution in [2.24, 2.45) is 0 Å². The third-order valence-corrected chi connectivity index (χ3v) is 2.97. The first-order chi connectivity index (χ1) is 10.7. The molecule has 5 heteroatoms. The molecule has 0 fully saturated rings. The Morgan fingerprint density at radius 2 is 1.55 bits per heavy atom. The van der Waals surface area contributed by atoms with E-state index in [0.717, 1.165) is 16.9 Å². The third kappa shape index (κ3) is 4.71. The molecule has 2 aromatic carbocycles. The summed E-state index contributed by atoms with van der Waals surface area (Å²) < 4.78 is 10.5. The number of nitrogens with zero attached hydrogens (tertiary/aromatic N) is 1.